The molecule has 0 atom stereocenters. The maximum absolute atomic E-state index is 11.3. The van der Waals surface area contributed by atoms with Gasteiger partial charge in [0.25, 0.3) is 0 Å². The molecule has 3 aromatic heterocycles. The van der Waals surface area contributed by atoms with E-state index in [2.05, 4.69) is 41.4 Å². The first-order valence-electron chi connectivity index (χ1n) is 9.42. The number of anilines is 1. The van der Waals surface area contributed by atoms with Gasteiger partial charge in [-0.05, 0) is 31.0 Å². The number of fused-ring (bicyclic) bond motifs is 1. The number of carbonyl (C=O) groups is 1. The van der Waals surface area contributed by atoms with Gasteiger partial charge in [-0.1, -0.05) is 35.6 Å². The number of esters is 1. The minimum absolute atomic E-state index is 0.228. The van der Waals surface area contributed by atoms with Crippen LogP contribution in [0.5, 0.6) is 0 Å². The summed E-state index contributed by atoms with van der Waals surface area (Å²) < 4.78 is 7.27. The monoisotopic (exact) mass is 406 g/mol. The molecule has 0 aliphatic heterocycles. The van der Waals surface area contributed by atoms with Crippen molar-refractivity contribution in [2.45, 2.75) is 33.4 Å². The Balaban J connectivity index is 1.81. The maximum atomic E-state index is 11.3. The first-order valence-corrected chi connectivity index (χ1v) is 10.2. The van der Waals surface area contributed by atoms with Crippen molar-refractivity contribution in [3.05, 3.63) is 60.7 Å². The molecule has 0 bridgehead atoms. The molecule has 0 aliphatic carbocycles. The van der Waals surface area contributed by atoms with Gasteiger partial charge in [-0.3, -0.25) is 4.79 Å². The van der Waals surface area contributed by atoms with Crippen molar-refractivity contribution in [2.24, 2.45) is 0 Å². The fourth-order valence-corrected chi connectivity index (χ4v) is 4.12. The van der Waals surface area contributed by atoms with Gasteiger partial charge >= 0.3 is 5.97 Å². The summed E-state index contributed by atoms with van der Waals surface area (Å²) in [5.74, 6) is -0.297. The number of nitrogens with one attached hydrogen (secondary N) is 1. The lowest BCUT2D eigenvalue weighted by Gasteiger charge is -2.12. The summed E-state index contributed by atoms with van der Waals surface area (Å²) in [6, 6.07) is 10.4. The van der Waals surface area contributed by atoms with Crippen LogP contribution in [0.1, 0.15) is 26.3 Å². The van der Waals surface area contributed by atoms with Crippen molar-refractivity contribution in [1.82, 2.24) is 14.4 Å². The number of thiazole rings is 1. The van der Waals surface area contributed by atoms with Crippen LogP contribution in [0.3, 0.4) is 0 Å². The number of aromatic nitrogens is 3. The number of benzene rings is 1. The highest BCUT2D eigenvalue weighted by atomic mass is 32.1. The number of imidazole rings is 1. The molecule has 6 nitrogen and oxygen atoms in total. The number of ether oxygens (including phenoxy) is 1. The molecule has 0 spiro atoms. The Kier molecular flexibility index (Phi) is 5.31. The quantitative estimate of drug-likeness (QED) is 0.456. The molecule has 0 unspecified atom stereocenters. The van der Waals surface area contributed by atoms with Crippen molar-refractivity contribution in [3.63, 3.8) is 0 Å². The van der Waals surface area contributed by atoms with Crippen LogP contribution in [-0.2, 0) is 16.1 Å². The Morgan fingerprint density at radius 2 is 2.07 bits per heavy atom. The molecule has 29 heavy (non-hydrogen) atoms. The van der Waals surface area contributed by atoms with Crippen LogP contribution in [0.2, 0.25) is 0 Å². The minimum Gasteiger partial charge on any atom is -0.461 e. The molecule has 1 aromatic carbocycles. The van der Waals surface area contributed by atoms with Gasteiger partial charge in [0.15, 0.2) is 5.13 Å². The summed E-state index contributed by atoms with van der Waals surface area (Å²) in [6.07, 6.45) is 7.68. The molecule has 148 valence electrons. The van der Waals surface area contributed by atoms with Gasteiger partial charge in [0.1, 0.15) is 12.3 Å². The van der Waals surface area contributed by atoms with E-state index in [0.717, 1.165) is 37.9 Å². The van der Waals surface area contributed by atoms with Crippen LogP contribution < -0.4 is 5.32 Å². The molecule has 0 radical (unpaired) electrons. The predicted molar refractivity (Wildman–Crippen MR) is 116 cm³/mol. The molecule has 0 amide bonds. The van der Waals surface area contributed by atoms with Crippen molar-refractivity contribution < 1.29 is 9.53 Å². The second kappa shape index (κ2) is 8.05. The summed E-state index contributed by atoms with van der Waals surface area (Å²) in [7, 11) is 0. The van der Waals surface area contributed by atoms with Crippen LogP contribution in [0.25, 0.3) is 27.2 Å². The van der Waals surface area contributed by atoms with Crippen LogP contribution >= 0.6 is 11.3 Å². The van der Waals surface area contributed by atoms with E-state index in [1.165, 1.54) is 6.92 Å². The van der Waals surface area contributed by atoms with Crippen LogP contribution in [-0.4, -0.2) is 26.4 Å². The molecule has 7 heteroatoms. The second-order valence-corrected chi connectivity index (χ2v) is 8.10. The molecule has 4 aromatic rings. The Bertz CT molecular complexity index is 1160. The molecule has 4 rings (SSSR count). The Hall–Kier alpha value is -3.19. The zero-order chi connectivity index (χ0) is 20.4. The highest BCUT2D eigenvalue weighted by molar-refractivity contribution is 7.18. The largest absolute Gasteiger partial charge is 0.461 e. The van der Waals surface area contributed by atoms with Crippen LogP contribution in [0.15, 0.2) is 55.1 Å². The summed E-state index contributed by atoms with van der Waals surface area (Å²) in [5, 5.41) is 4.25. The number of nitrogens with zero attached hydrogens (tertiary/aromatic N) is 3. The zero-order valence-electron chi connectivity index (χ0n) is 16.5. The number of hydrogen-bond acceptors (Lipinski definition) is 6. The SMILES string of the molecule is CC(=O)OCc1ccccc1-c1cc(-c2cnc(NC(C)C)s2)cn2ccnc12. The zero-order valence-corrected chi connectivity index (χ0v) is 17.4. The van der Waals surface area contributed by atoms with Crippen LogP contribution in [0, 0.1) is 0 Å². The van der Waals surface area contributed by atoms with E-state index < -0.39 is 0 Å². The molecular weight excluding hydrogens is 384 g/mol. The molecule has 0 saturated carbocycles. The first kappa shape index (κ1) is 19.1. The molecule has 0 fully saturated rings. The summed E-state index contributed by atoms with van der Waals surface area (Å²) in [6.45, 7) is 5.84. The van der Waals surface area contributed by atoms with E-state index in [0.29, 0.717) is 6.04 Å². The third-order valence-electron chi connectivity index (χ3n) is 4.43. The van der Waals surface area contributed by atoms with Crippen molar-refractivity contribution >= 4 is 28.1 Å². The first-order chi connectivity index (χ1) is 14.0. The molecule has 0 aliphatic rings. The van der Waals surface area contributed by atoms with Gasteiger partial charge in [0.05, 0.1) is 4.88 Å². The lowest BCUT2D eigenvalue weighted by atomic mass is 9.99. The Labute approximate surface area is 173 Å². The van der Waals surface area contributed by atoms with E-state index in [9.17, 15) is 4.79 Å². The third-order valence-corrected chi connectivity index (χ3v) is 5.41. The van der Waals surface area contributed by atoms with Gasteiger partial charge in [-0.25, -0.2) is 9.97 Å². The number of carbonyl (C=O) groups excluding carboxylic acids is 1. The minimum atomic E-state index is -0.297. The predicted octanol–water partition coefficient (Wildman–Crippen LogP) is 5.01. The van der Waals surface area contributed by atoms with E-state index in [4.69, 9.17) is 4.74 Å². The van der Waals surface area contributed by atoms with Crippen molar-refractivity contribution in [1.29, 1.82) is 0 Å². The maximum Gasteiger partial charge on any atom is 0.302 e. The van der Waals surface area contributed by atoms with E-state index in [-0.39, 0.29) is 12.6 Å². The standard InChI is InChI=1S/C22H22N4O2S/c1-14(2)25-22-24-11-20(29-22)17-10-19(21-23-8-9-26(21)12-17)18-7-5-4-6-16(18)13-28-15(3)27/h4-12,14H,13H2,1-3H3,(H,24,25). The average molecular weight is 407 g/mol. The highest BCUT2D eigenvalue weighted by Gasteiger charge is 2.14. The molecular formula is C22H22N4O2S. The summed E-state index contributed by atoms with van der Waals surface area (Å²) >= 11 is 1.62. The fourth-order valence-electron chi connectivity index (χ4n) is 3.18. The lowest BCUT2D eigenvalue weighted by Crippen LogP contribution is -2.08. The van der Waals surface area contributed by atoms with E-state index in [1.54, 1.807) is 17.5 Å². The topological polar surface area (TPSA) is 68.5 Å². The molecule has 1 N–H and O–H groups in total. The summed E-state index contributed by atoms with van der Waals surface area (Å²) in [4.78, 5) is 21.4. The number of hydrogen-bond donors (Lipinski definition) is 1. The fraction of sp³-hybridized carbons (Fsp3) is 0.227. The van der Waals surface area contributed by atoms with Gasteiger partial charge < -0.3 is 14.5 Å². The van der Waals surface area contributed by atoms with E-state index >= 15 is 0 Å². The number of pyridine rings is 1. The van der Waals surface area contributed by atoms with Crippen molar-refractivity contribution in [2.75, 3.05) is 5.32 Å². The van der Waals surface area contributed by atoms with Gasteiger partial charge in [-0.2, -0.15) is 0 Å². The van der Waals surface area contributed by atoms with Gasteiger partial charge in [0.2, 0.25) is 0 Å². The van der Waals surface area contributed by atoms with Crippen molar-refractivity contribution in [3.8, 4) is 21.6 Å². The van der Waals surface area contributed by atoms with E-state index in [1.807, 2.05) is 41.1 Å². The Morgan fingerprint density at radius 1 is 1.24 bits per heavy atom. The van der Waals surface area contributed by atoms with Gasteiger partial charge in [0, 0.05) is 48.9 Å². The van der Waals surface area contributed by atoms with Crippen LogP contribution in [0.4, 0.5) is 5.13 Å². The third kappa shape index (κ3) is 4.14. The lowest BCUT2D eigenvalue weighted by molar-refractivity contribution is -0.142. The number of rotatable bonds is 6. The smallest absolute Gasteiger partial charge is 0.302 e. The molecule has 3 heterocycles. The normalized spacial score (nSPS) is 11.2. The second-order valence-electron chi connectivity index (χ2n) is 7.07. The molecule has 0 saturated heterocycles. The Morgan fingerprint density at radius 3 is 2.86 bits per heavy atom. The average Bonchev–Trinajstić information content (AvgIpc) is 3.34. The highest BCUT2D eigenvalue weighted by Crippen LogP contribution is 2.35. The summed E-state index contributed by atoms with van der Waals surface area (Å²) in [5.41, 5.74) is 4.84. The van der Waals surface area contributed by atoms with Gasteiger partial charge in [-0.15, -0.1) is 0 Å².